The predicted octanol–water partition coefficient (Wildman–Crippen LogP) is 1.59. The third kappa shape index (κ3) is 2.88. The summed E-state index contributed by atoms with van der Waals surface area (Å²) in [4.78, 5) is 17.0. The first-order valence-corrected chi connectivity index (χ1v) is 9.68. The maximum atomic E-state index is 13.7. The predicted molar refractivity (Wildman–Crippen MR) is 95.7 cm³/mol. The van der Waals surface area contributed by atoms with E-state index in [1.807, 2.05) is 0 Å². The van der Waals surface area contributed by atoms with Gasteiger partial charge in [-0.05, 0) is 30.3 Å². The molecule has 0 N–H and O–H groups in total. The molecule has 1 aromatic carbocycles. The number of nitrogens with zero attached hydrogens (tertiary/aromatic N) is 3. The summed E-state index contributed by atoms with van der Waals surface area (Å²) in [7, 11) is -2.73. The van der Waals surface area contributed by atoms with Gasteiger partial charge in [0.2, 0.25) is 10.0 Å². The Balaban J connectivity index is 1.80. The molecule has 0 saturated heterocycles. The Morgan fingerprint density at radius 1 is 1.22 bits per heavy atom. The van der Waals surface area contributed by atoms with Gasteiger partial charge in [0.15, 0.2) is 0 Å². The number of hydrogen-bond donors (Lipinski definition) is 0. The summed E-state index contributed by atoms with van der Waals surface area (Å²) in [6.45, 7) is 0.0193. The minimum absolute atomic E-state index is 0.0514. The molecule has 4 rings (SSSR count). The highest BCUT2D eigenvalue weighted by Crippen LogP contribution is 2.30. The summed E-state index contributed by atoms with van der Waals surface area (Å²) in [5.41, 5.74) is 1.12. The van der Waals surface area contributed by atoms with Gasteiger partial charge in [0.05, 0.1) is 18.4 Å². The van der Waals surface area contributed by atoms with Crippen LogP contribution in [0.25, 0.3) is 5.65 Å². The minimum atomic E-state index is -4.05. The second-order valence-electron chi connectivity index (χ2n) is 6.15. The summed E-state index contributed by atoms with van der Waals surface area (Å²) in [6.07, 6.45) is 1.89. The second kappa shape index (κ2) is 6.43. The van der Waals surface area contributed by atoms with Crippen LogP contribution in [0.5, 0.6) is 5.75 Å². The van der Waals surface area contributed by atoms with E-state index in [2.05, 4.69) is 4.98 Å². The molecule has 2 aromatic heterocycles. The smallest absolute Gasteiger partial charge is 0.262 e. The fraction of sp³-hybridized carbons (Fsp3) is 0.222. The van der Waals surface area contributed by atoms with Crippen LogP contribution in [0.15, 0.2) is 52.3 Å². The lowest BCUT2D eigenvalue weighted by atomic mass is 10.1. The van der Waals surface area contributed by atoms with Crippen LogP contribution in [0.2, 0.25) is 0 Å². The Morgan fingerprint density at radius 3 is 2.81 bits per heavy atom. The van der Waals surface area contributed by atoms with E-state index < -0.39 is 15.8 Å². The van der Waals surface area contributed by atoms with Crippen molar-refractivity contribution in [1.29, 1.82) is 0 Å². The van der Waals surface area contributed by atoms with E-state index >= 15 is 0 Å². The van der Waals surface area contributed by atoms with Crippen LogP contribution in [0.4, 0.5) is 4.39 Å². The molecule has 0 spiro atoms. The zero-order valence-electron chi connectivity index (χ0n) is 14.4. The highest BCUT2D eigenvalue weighted by atomic mass is 32.2. The molecular formula is C18H16FN3O4S. The van der Waals surface area contributed by atoms with Crippen molar-refractivity contribution in [2.24, 2.45) is 0 Å². The summed E-state index contributed by atoms with van der Waals surface area (Å²) >= 11 is 0. The van der Waals surface area contributed by atoms with Gasteiger partial charge in [0, 0.05) is 25.7 Å². The van der Waals surface area contributed by atoms with Gasteiger partial charge >= 0.3 is 0 Å². The van der Waals surface area contributed by atoms with E-state index in [9.17, 15) is 17.6 Å². The maximum Gasteiger partial charge on any atom is 0.262 e. The molecule has 27 heavy (non-hydrogen) atoms. The number of hydrogen-bond acceptors (Lipinski definition) is 5. The monoisotopic (exact) mass is 389 g/mol. The molecule has 0 fully saturated rings. The molecule has 0 saturated carbocycles. The van der Waals surface area contributed by atoms with Crippen molar-refractivity contribution in [3.05, 3.63) is 70.0 Å². The number of benzene rings is 1. The Morgan fingerprint density at radius 2 is 2.04 bits per heavy atom. The van der Waals surface area contributed by atoms with Crippen LogP contribution in [0, 0.1) is 5.82 Å². The normalized spacial score (nSPS) is 14.9. The first kappa shape index (κ1) is 17.6. The summed E-state index contributed by atoms with van der Waals surface area (Å²) in [5.74, 6) is -0.630. The van der Waals surface area contributed by atoms with E-state index in [0.717, 1.165) is 16.4 Å². The summed E-state index contributed by atoms with van der Waals surface area (Å²) in [5, 5.41) is 0. The van der Waals surface area contributed by atoms with Crippen LogP contribution in [0.3, 0.4) is 0 Å². The van der Waals surface area contributed by atoms with Crippen molar-refractivity contribution in [3.8, 4) is 5.75 Å². The zero-order valence-corrected chi connectivity index (χ0v) is 15.2. The van der Waals surface area contributed by atoms with E-state index in [4.69, 9.17) is 4.74 Å². The molecular weight excluding hydrogens is 373 g/mol. The molecule has 0 aliphatic carbocycles. The largest absolute Gasteiger partial charge is 0.495 e. The Kier molecular flexibility index (Phi) is 4.20. The molecule has 7 nitrogen and oxygen atoms in total. The van der Waals surface area contributed by atoms with E-state index in [1.54, 1.807) is 24.4 Å². The molecule has 0 bridgehead atoms. The van der Waals surface area contributed by atoms with Gasteiger partial charge in [0.1, 0.15) is 22.1 Å². The lowest BCUT2D eigenvalue weighted by Crippen LogP contribution is -2.40. The lowest BCUT2D eigenvalue weighted by Gasteiger charge is -2.27. The van der Waals surface area contributed by atoms with Crippen molar-refractivity contribution >= 4 is 15.7 Å². The fourth-order valence-electron chi connectivity index (χ4n) is 3.22. The molecule has 0 unspecified atom stereocenters. The number of aromatic nitrogens is 2. The number of fused-ring (bicyclic) bond motifs is 2. The average molecular weight is 389 g/mol. The quantitative estimate of drug-likeness (QED) is 0.680. The highest BCUT2D eigenvalue weighted by Gasteiger charge is 2.33. The number of sulfonamides is 1. The number of ether oxygens (including phenoxy) is 1. The lowest BCUT2D eigenvalue weighted by molar-refractivity contribution is 0.373. The van der Waals surface area contributed by atoms with E-state index in [1.165, 1.54) is 17.6 Å². The molecule has 1 aliphatic heterocycles. The molecule has 140 valence electrons. The number of methoxy groups -OCH3 is 1. The van der Waals surface area contributed by atoms with Gasteiger partial charge in [-0.15, -0.1) is 0 Å². The Labute approximate surface area is 154 Å². The molecule has 0 radical (unpaired) electrons. The fourth-order valence-corrected chi connectivity index (χ4v) is 4.80. The van der Waals surface area contributed by atoms with Crippen molar-refractivity contribution < 1.29 is 17.5 Å². The number of halogens is 1. The van der Waals surface area contributed by atoms with Crippen molar-refractivity contribution in [2.45, 2.75) is 17.9 Å². The second-order valence-corrected chi connectivity index (χ2v) is 8.06. The minimum Gasteiger partial charge on any atom is -0.495 e. The van der Waals surface area contributed by atoms with Crippen molar-refractivity contribution in [1.82, 2.24) is 13.7 Å². The highest BCUT2D eigenvalue weighted by molar-refractivity contribution is 7.89. The van der Waals surface area contributed by atoms with Gasteiger partial charge < -0.3 is 4.74 Å². The Bertz CT molecular complexity index is 1210. The van der Waals surface area contributed by atoms with Gasteiger partial charge in [-0.2, -0.15) is 4.31 Å². The number of rotatable bonds is 3. The van der Waals surface area contributed by atoms with Crippen molar-refractivity contribution in [2.75, 3.05) is 13.7 Å². The zero-order chi connectivity index (χ0) is 19.2. The van der Waals surface area contributed by atoms with Gasteiger partial charge in [-0.25, -0.2) is 17.8 Å². The topological polar surface area (TPSA) is 81.0 Å². The molecule has 0 atom stereocenters. The van der Waals surface area contributed by atoms with Crippen molar-refractivity contribution in [3.63, 3.8) is 0 Å². The van der Waals surface area contributed by atoms with Crippen LogP contribution in [-0.2, 0) is 23.0 Å². The van der Waals surface area contributed by atoms with Gasteiger partial charge in [-0.3, -0.25) is 9.20 Å². The molecule has 3 aromatic rings. The first-order valence-electron chi connectivity index (χ1n) is 8.24. The van der Waals surface area contributed by atoms with Crippen LogP contribution in [0.1, 0.15) is 11.3 Å². The first-order chi connectivity index (χ1) is 12.9. The van der Waals surface area contributed by atoms with Gasteiger partial charge in [0.25, 0.3) is 5.56 Å². The number of pyridine rings is 1. The van der Waals surface area contributed by atoms with Crippen LogP contribution < -0.4 is 10.3 Å². The van der Waals surface area contributed by atoms with Gasteiger partial charge in [-0.1, -0.05) is 6.07 Å². The molecule has 9 heteroatoms. The SMILES string of the molecule is COc1ccc(F)cc1S(=O)(=O)N1CCc2nc3ccccn3c(=O)c2C1. The van der Waals surface area contributed by atoms with E-state index in [-0.39, 0.29) is 29.3 Å². The summed E-state index contributed by atoms with van der Waals surface area (Å²) in [6, 6.07) is 8.54. The molecule has 3 heterocycles. The standard InChI is InChI=1S/C18H16FN3O4S/c1-26-15-6-5-12(19)10-16(15)27(24,25)21-9-7-14-13(11-21)18(23)22-8-3-2-4-17(22)20-14/h2-6,8,10H,7,9,11H2,1H3. The maximum absolute atomic E-state index is 13.7. The van der Waals surface area contributed by atoms with Crippen LogP contribution >= 0.6 is 0 Å². The van der Waals surface area contributed by atoms with Crippen LogP contribution in [-0.4, -0.2) is 35.8 Å². The van der Waals surface area contributed by atoms with E-state index in [0.29, 0.717) is 23.3 Å². The molecule has 1 aliphatic rings. The average Bonchev–Trinajstić information content (AvgIpc) is 2.68. The summed E-state index contributed by atoms with van der Waals surface area (Å²) < 4.78 is 47.4. The third-order valence-electron chi connectivity index (χ3n) is 4.59. The third-order valence-corrected chi connectivity index (χ3v) is 6.46. The Hall–Kier alpha value is -2.78. The molecule has 0 amide bonds.